The molecular formula is C12H11BrN2O3. The lowest BCUT2D eigenvalue weighted by Crippen LogP contribution is -1.94. The van der Waals surface area contributed by atoms with E-state index in [0.717, 1.165) is 10.2 Å². The molecule has 0 atom stereocenters. The molecular weight excluding hydrogens is 300 g/mol. The summed E-state index contributed by atoms with van der Waals surface area (Å²) in [5.74, 6) is 1.70. The maximum absolute atomic E-state index is 8.86. The van der Waals surface area contributed by atoms with Crippen LogP contribution in [-0.2, 0) is 6.61 Å². The second kappa shape index (κ2) is 5.79. The monoisotopic (exact) mass is 310 g/mol. The van der Waals surface area contributed by atoms with Gasteiger partial charge in [-0.05, 0) is 34.1 Å². The van der Waals surface area contributed by atoms with Crippen molar-refractivity contribution < 1.29 is 14.6 Å². The molecule has 2 rings (SSSR count). The number of hydrogen-bond acceptors (Lipinski definition) is 5. The van der Waals surface area contributed by atoms with Crippen LogP contribution in [0.25, 0.3) is 0 Å². The van der Waals surface area contributed by atoms with Gasteiger partial charge in [-0.15, -0.1) is 0 Å². The average Bonchev–Trinajstić information content (AvgIpc) is 2.42. The molecule has 94 valence electrons. The van der Waals surface area contributed by atoms with Gasteiger partial charge in [-0.3, -0.25) is 4.98 Å². The van der Waals surface area contributed by atoms with Gasteiger partial charge in [0.1, 0.15) is 11.5 Å². The van der Waals surface area contributed by atoms with Crippen LogP contribution in [0.1, 0.15) is 5.69 Å². The Morgan fingerprint density at radius 3 is 2.67 bits per heavy atom. The molecule has 1 N–H and O–H groups in total. The van der Waals surface area contributed by atoms with Crippen LogP contribution >= 0.6 is 15.9 Å². The minimum absolute atomic E-state index is 0.139. The third kappa shape index (κ3) is 2.96. The highest BCUT2D eigenvalue weighted by atomic mass is 79.9. The number of aliphatic hydroxyl groups is 1. The van der Waals surface area contributed by atoms with Crippen molar-refractivity contribution in [3.63, 3.8) is 0 Å². The molecule has 0 amide bonds. The third-order valence-electron chi connectivity index (χ3n) is 2.20. The summed E-state index contributed by atoms with van der Waals surface area (Å²) in [5, 5.41) is 8.86. The van der Waals surface area contributed by atoms with Gasteiger partial charge in [-0.1, -0.05) is 0 Å². The Bertz CT molecular complexity index is 531. The predicted octanol–water partition coefficient (Wildman–Crippen LogP) is 2.53. The Morgan fingerprint density at radius 1 is 1.28 bits per heavy atom. The summed E-state index contributed by atoms with van der Waals surface area (Å²) >= 11 is 3.38. The van der Waals surface area contributed by atoms with E-state index in [1.165, 1.54) is 12.4 Å². The summed E-state index contributed by atoms with van der Waals surface area (Å²) < 4.78 is 11.4. The fourth-order valence-electron chi connectivity index (χ4n) is 1.28. The standard InChI is InChI=1S/C12H11BrN2O3/c1-17-9-2-3-11(10(13)4-9)18-12-6-14-8(7-16)5-15-12/h2-6,16H,7H2,1H3. The highest BCUT2D eigenvalue weighted by molar-refractivity contribution is 9.10. The van der Waals surface area contributed by atoms with Crippen molar-refractivity contribution in [1.29, 1.82) is 0 Å². The van der Waals surface area contributed by atoms with Gasteiger partial charge in [0, 0.05) is 0 Å². The van der Waals surface area contributed by atoms with Crippen molar-refractivity contribution in [3.8, 4) is 17.4 Å². The maximum atomic E-state index is 8.86. The van der Waals surface area contributed by atoms with Crippen LogP contribution in [0.2, 0.25) is 0 Å². The van der Waals surface area contributed by atoms with E-state index in [1.54, 1.807) is 25.3 Å². The van der Waals surface area contributed by atoms with Gasteiger partial charge in [0.25, 0.3) is 0 Å². The minimum Gasteiger partial charge on any atom is -0.497 e. The van der Waals surface area contributed by atoms with Crippen molar-refractivity contribution in [2.45, 2.75) is 6.61 Å². The zero-order chi connectivity index (χ0) is 13.0. The normalized spacial score (nSPS) is 10.2. The number of benzene rings is 1. The summed E-state index contributed by atoms with van der Waals surface area (Å²) in [5.41, 5.74) is 0.496. The molecule has 5 nitrogen and oxygen atoms in total. The lowest BCUT2D eigenvalue weighted by atomic mass is 10.3. The molecule has 1 heterocycles. The van der Waals surface area contributed by atoms with Gasteiger partial charge < -0.3 is 14.6 Å². The van der Waals surface area contributed by atoms with E-state index in [0.29, 0.717) is 17.3 Å². The van der Waals surface area contributed by atoms with Crippen LogP contribution in [0, 0.1) is 0 Å². The third-order valence-corrected chi connectivity index (χ3v) is 2.82. The van der Waals surface area contributed by atoms with E-state index in [4.69, 9.17) is 14.6 Å². The highest BCUT2D eigenvalue weighted by Gasteiger charge is 2.05. The highest BCUT2D eigenvalue weighted by Crippen LogP contribution is 2.31. The number of aromatic nitrogens is 2. The molecule has 6 heteroatoms. The van der Waals surface area contributed by atoms with Crippen molar-refractivity contribution >= 4 is 15.9 Å². The Hall–Kier alpha value is -1.66. The Kier molecular flexibility index (Phi) is 4.11. The van der Waals surface area contributed by atoms with E-state index in [2.05, 4.69) is 25.9 Å². The fourth-order valence-corrected chi connectivity index (χ4v) is 1.72. The van der Waals surface area contributed by atoms with Crippen LogP contribution in [0.3, 0.4) is 0 Å². The predicted molar refractivity (Wildman–Crippen MR) is 68.7 cm³/mol. The lowest BCUT2D eigenvalue weighted by Gasteiger charge is -2.08. The molecule has 0 spiro atoms. The van der Waals surface area contributed by atoms with Crippen LogP contribution in [0.5, 0.6) is 17.4 Å². The van der Waals surface area contributed by atoms with E-state index >= 15 is 0 Å². The number of halogens is 1. The van der Waals surface area contributed by atoms with E-state index in [1.807, 2.05) is 0 Å². The van der Waals surface area contributed by atoms with Crippen molar-refractivity contribution in [2.75, 3.05) is 7.11 Å². The van der Waals surface area contributed by atoms with Gasteiger partial charge in [-0.2, -0.15) is 0 Å². The molecule has 0 saturated carbocycles. The first-order valence-corrected chi connectivity index (χ1v) is 5.95. The average molecular weight is 311 g/mol. The number of ether oxygens (including phenoxy) is 2. The summed E-state index contributed by atoms with van der Waals surface area (Å²) in [6, 6.07) is 5.35. The number of hydrogen-bond donors (Lipinski definition) is 1. The van der Waals surface area contributed by atoms with Gasteiger partial charge >= 0.3 is 0 Å². The molecule has 0 aliphatic carbocycles. The lowest BCUT2D eigenvalue weighted by molar-refractivity contribution is 0.276. The Morgan fingerprint density at radius 2 is 2.11 bits per heavy atom. The maximum Gasteiger partial charge on any atom is 0.237 e. The molecule has 0 unspecified atom stereocenters. The molecule has 2 aromatic rings. The minimum atomic E-state index is -0.139. The van der Waals surface area contributed by atoms with Crippen molar-refractivity contribution in [2.24, 2.45) is 0 Å². The first kappa shape index (κ1) is 12.8. The summed E-state index contributed by atoms with van der Waals surface area (Å²) in [6.07, 6.45) is 2.93. The molecule has 0 fully saturated rings. The number of nitrogens with zero attached hydrogens (tertiary/aromatic N) is 2. The summed E-state index contributed by atoms with van der Waals surface area (Å²) in [4.78, 5) is 8.01. The SMILES string of the molecule is COc1ccc(Oc2cnc(CO)cn2)c(Br)c1. The fraction of sp³-hybridized carbons (Fsp3) is 0.167. The Labute approximate surface area is 113 Å². The number of rotatable bonds is 4. The van der Waals surface area contributed by atoms with Crippen molar-refractivity contribution in [1.82, 2.24) is 9.97 Å². The van der Waals surface area contributed by atoms with Crippen LogP contribution in [-0.4, -0.2) is 22.2 Å². The number of aliphatic hydroxyl groups excluding tert-OH is 1. The van der Waals surface area contributed by atoms with Crippen molar-refractivity contribution in [3.05, 3.63) is 40.8 Å². The number of methoxy groups -OCH3 is 1. The zero-order valence-electron chi connectivity index (χ0n) is 9.63. The quantitative estimate of drug-likeness (QED) is 0.940. The summed E-state index contributed by atoms with van der Waals surface area (Å²) in [7, 11) is 1.60. The largest absolute Gasteiger partial charge is 0.497 e. The molecule has 0 saturated heterocycles. The second-order valence-electron chi connectivity index (χ2n) is 3.40. The molecule has 0 aliphatic rings. The smallest absolute Gasteiger partial charge is 0.237 e. The van der Waals surface area contributed by atoms with Crippen LogP contribution < -0.4 is 9.47 Å². The molecule has 0 bridgehead atoms. The van der Waals surface area contributed by atoms with E-state index < -0.39 is 0 Å². The molecule has 1 aromatic heterocycles. The van der Waals surface area contributed by atoms with E-state index in [-0.39, 0.29) is 6.61 Å². The van der Waals surface area contributed by atoms with Gasteiger partial charge in [0.15, 0.2) is 0 Å². The van der Waals surface area contributed by atoms with Crippen LogP contribution in [0.4, 0.5) is 0 Å². The van der Waals surface area contributed by atoms with Gasteiger partial charge in [0.2, 0.25) is 5.88 Å². The zero-order valence-corrected chi connectivity index (χ0v) is 11.2. The molecule has 0 aliphatic heterocycles. The topological polar surface area (TPSA) is 64.5 Å². The molecule has 1 aromatic carbocycles. The van der Waals surface area contributed by atoms with Gasteiger partial charge in [-0.25, -0.2) is 4.98 Å². The van der Waals surface area contributed by atoms with E-state index in [9.17, 15) is 0 Å². The summed E-state index contributed by atoms with van der Waals surface area (Å²) in [6.45, 7) is -0.139. The molecule has 18 heavy (non-hydrogen) atoms. The Balaban J connectivity index is 2.17. The van der Waals surface area contributed by atoms with Gasteiger partial charge in [0.05, 0.1) is 36.3 Å². The first-order valence-electron chi connectivity index (χ1n) is 5.16. The first-order chi connectivity index (χ1) is 8.72. The molecule has 0 radical (unpaired) electrons. The second-order valence-corrected chi connectivity index (χ2v) is 4.26. The van der Waals surface area contributed by atoms with Crippen LogP contribution in [0.15, 0.2) is 35.1 Å².